The van der Waals surface area contributed by atoms with E-state index in [9.17, 15) is 10.1 Å². The fourth-order valence-corrected chi connectivity index (χ4v) is 6.29. The molecule has 2 unspecified atom stereocenters. The molecule has 2 atom stereocenters. The van der Waals surface area contributed by atoms with E-state index in [0.717, 1.165) is 38.8 Å². The molecule has 9 nitrogen and oxygen atoms in total. The Morgan fingerprint density at radius 2 is 2.02 bits per heavy atom. The number of para-hydroxylation sites is 1. The van der Waals surface area contributed by atoms with Crippen LogP contribution < -0.4 is 14.5 Å². The van der Waals surface area contributed by atoms with Gasteiger partial charge in [-0.1, -0.05) is 0 Å². The summed E-state index contributed by atoms with van der Waals surface area (Å²) in [5.74, 6) is 0.434. The Labute approximate surface area is 251 Å². The molecule has 1 amide bonds. The second-order valence-electron chi connectivity index (χ2n) is 10.6. The molecule has 4 heterocycles. The van der Waals surface area contributed by atoms with Crippen molar-refractivity contribution in [3.63, 3.8) is 0 Å². The van der Waals surface area contributed by atoms with E-state index in [1.54, 1.807) is 33.8 Å². The predicted molar refractivity (Wildman–Crippen MR) is 157 cm³/mol. The van der Waals surface area contributed by atoms with Crippen LogP contribution in [0.2, 0.25) is 0 Å². The summed E-state index contributed by atoms with van der Waals surface area (Å²) in [6, 6.07) is 15.9. The third kappa shape index (κ3) is 5.80. The zero-order valence-corrected chi connectivity index (χ0v) is 24.8. The number of ether oxygens (including phenoxy) is 1. The number of rotatable bonds is 7. The summed E-state index contributed by atoms with van der Waals surface area (Å²) in [6.45, 7) is 2.68. The number of piperidine rings is 1. The number of fused-ring (bicyclic) bond motifs is 1. The number of nitriles is 1. The molecule has 2 aliphatic heterocycles. The number of carbonyl (C=O) groups is 1. The standard InChI is InChI=1S/C31H29AsFN7O2/c32-29-27-28(25-11-10-24(15-26(25)33)42-23-8-2-1-3-9-23)38-40(30(27)37-19-36-29)18-22-7-5-13-39(22)31(41)21(16-34)14-20-6-4-12-35-17-20/h1-3,8-11,14-15,19-20,22,35H,4-7,12-13,17-18H2. The van der Waals surface area contributed by atoms with Gasteiger partial charge in [-0.2, -0.15) is 0 Å². The van der Waals surface area contributed by atoms with E-state index in [2.05, 4.69) is 38.2 Å². The van der Waals surface area contributed by atoms with Crippen LogP contribution in [-0.2, 0) is 11.3 Å². The van der Waals surface area contributed by atoms with Gasteiger partial charge in [0.05, 0.1) is 0 Å². The maximum absolute atomic E-state index is 15.5. The van der Waals surface area contributed by atoms with Crippen molar-refractivity contribution >= 4 is 38.3 Å². The van der Waals surface area contributed by atoms with E-state index in [0.29, 0.717) is 51.4 Å². The second kappa shape index (κ2) is 12.4. The molecule has 0 bridgehead atoms. The van der Waals surface area contributed by atoms with Crippen molar-refractivity contribution in [2.75, 3.05) is 19.6 Å². The van der Waals surface area contributed by atoms with Crippen molar-refractivity contribution in [2.24, 2.45) is 5.92 Å². The van der Waals surface area contributed by atoms with Gasteiger partial charge in [-0.3, -0.25) is 0 Å². The number of amides is 1. The van der Waals surface area contributed by atoms with E-state index >= 15 is 4.39 Å². The quantitative estimate of drug-likeness (QED) is 0.190. The molecule has 6 rings (SSSR count). The zero-order valence-electron chi connectivity index (χ0n) is 22.9. The van der Waals surface area contributed by atoms with Crippen molar-refractivity contribution < 1.29 is 13.9 Å². The number of hydrogen-bond donors (Lipinski definition) is 1. The molecule has 2 radical (unpaired) electrons. The Bertz CT molecular complexity index is 1680. The molecule has 42 heavy (non-hydrogen) atoms. The average Bonchev–Trinajstić information content (AvgIpc) is 3.62. The number of benzene rings is 2. The molecule has 2 saturated heterocycles. The Morgan fingerprint density at radius 1 is 1.17 bits per heavy atom. The molecule has 0 saturated carbocycles. The van der Waals surface area contributed by atoms with Crippen molar-refractivity contribution in [3.8, 4) is 28.8 Å². The van der Waals surface area contributed by atoms with Gasteiger partial charge in [0.15, 0.2) is 0 Å². The number of nitrogens with zero attached hydrogens (tertiary/aromatic N) is 6. The Balaban J connectivity index is 1.28. The fourth-order valence-electron chi connectivity index (χ4n) is 5.75. The van der Waals surface area contributed by atoms with E-state index in [1.807, 2.05) is 24.3 Å². The van der Waals surface area contributed by atoms with Crippen molar-refractivity contribution in [1.82, 2.24) is 30.0 Å². The monoisotopic (exact) mass is 625 g/mol. The molecular weight excluding hydrogens is 596 g/mol. The van der Waals surface area contributed by atoms with Gasteiger partial charge in [0.25, 0.3) is 0 Å². The number of aromatic nitrogens is 4. The molecule has 11 heteroatoms. The van der Waals surface area contributed by atoms with Crippen LogP contribution in [0.25, 0.3) is 22.3 Å². The third-order valence-corrected chi connectivity index (χ3v) is 8.51. The molecule has 2 aliphatic rings. The Morgan fingerprint density at radius 3 is 2.79 bits per heavy atom. The number of carbonyl (C=O) groups excluding carboxylic acids is 1. The summed E-state index contributed by atoms with van der Waals surface area (Å²) in [5.41, 5.74) is 1.47. The number of likely N-dealkylation sites (tertiary alicyclic amines) is 1. The molecule has 1 N–H and O–H groups in total. The van der Waals surface area contributed by atoms with Gasteiger partial charge in [0, 0.05) is 0 Å². The first-order valence-electron chi connectivity index (χ1n) is 14.1. The first-order valence-corrected chi connectivity index (χ1v) is 15.0. The van der Waals surface area contributed by atoms with Gasteiger partial charge >= 0.3 is 234 Å². The SMILES string of the molecule is N#CC(=CC1CCCNC1)C(=O)N1CCCC1Cn1nc(-c2ccc(Oc3ccccc3)cc2F)c2c([As])ncnc21. The van der Waals surface area contributed by atoms with Gasteiger partial charge in [0.1, 0.15) is 0 Å². The van der Waals surface area contributed by atoms with Crippen LogP contribution >= 0.6 is 0 Å². The van der Waals surface area contributed by atoms with Crippen molar-refractivity contribution in [1.29, 1.82) is 5.26 Å². The van der Waals surface area contributed by atoms with E-state index in [1.165, 1.54) is 12.4 Å². The Hall–Kier alpha value is -4.06. The fraction of sp³-hybridized carbons (Fsp3) is 0.323. The van der Waals surface area contributed by atoms with Gasteiger partial charge in [-0.15, -0.1) is 0 Å². The molecular formula is C31H29AsFN7O2. The van der Waals surface area contributed by atoms with Crippen LogP contribution in [-0.4, -0.2) is 73.1 Å². The van der Waals surface area contributed by atoms with Gasteiger partial charge in [0.2, 0.25) is 0 Å². The molecule has 2 fully saturated rings. The molecule has 2 aromatic heterocycles. The summed E-state index contributed by atoms with van der Waals surface area (Å²) in [4.78, 5) is 24.1. The van der Waals surface area contributed by atoms with Crippen LogP contribution in [0.5, 0.6) is 11.5 Å². The summed E-state index contributed by atoms with van der Waals surface area (Å²) in [5, 5.41) is 18.6. The summed E-state index contributed by atoms with van der Waals surface area (Å²) >= 11 is 2.40. The zero-order chi connectivity index (χ0) is 29.1. The van der Waals surface area contributed by atoms with Crippen molar-refractivity contribution in [2.45, 2.75) is 38.3 Å². The van der Waals surface area contributed by atoms with Crippen LogP contribution in [0.3, 0.4) is 0 Å². The van der Waals surface area contributed by atoms with E-state index in [4.69, 9.17) is 9.84 Å². The third-order valence-electron chi connectivity index (χ3n) is 7.79. The normalized spacial score (nSPS) is 19.2. The molecule has 0 aliphatic carbocycles. The molecule has 2 aromatic carbocycles. The summed E-state index contributed by atoms with van der Waals surface area (Å²) in [7, 11) is 0. The van der Waals surface area contributed by atoms with Crippen LogP contribution in [0.15, 0.2) is 66.5 Å². The van der Waals surface area contributed by atoms with Crippen molar-refractivity contribution in [3.05, 3.63) is 72.3 Å². The average molecular weight is 626 g/mol. The van der Waals surface area contributed by atoms with E-state index in [-0.39, 0.29) is 23.4 Å². The second-order valence-corrected chi connectivity index (χ2v) is 11.5. The van der Waals surface area contributed by atoms with E-state index < -0.39 is 5.82 Å². The first kappa shape index (κ1) is 28.1. The minimum atomic E-state index is -0.482. The molecule has 0 spiro atoms. The van der Waals surface area contributed by atoms with Crippen LogP contribution in [0.1, 0.15) is 25.7 Å². The first-order chi connectivity index (χ1) is 20.5. The van der Waals surface area contributed by atoms with Gasteiger partial charge in [-0.05, 0) is 13.0 Å². The minimum absolute atomic E-state index is 0.174. The number of hydrogen-bond acceptors (Lipinski definition) is 7. The number of nitrogens with one attached hydrogen (secondary N) is 1. The number of halogens is 1. The van der Waals surface area contributed by atoms with Gasteiger partial charge in [-0.25, -0.2) is 0 Å². The van der Waals surface area contributed by atoms with Crippen LogP contribution in [0.4, 0.5) is 4.39 Å². The van der Waals surface area contributed by atoms with Crippen LogP contribution in [0, 0.1) is 23.1 Å². The summed E-state index contributed by atoms with van der Waals surface area (Å²) in [6.07, 6.45) is 6.87. The maximum atomic E-state index is 15.5. The predicted octanol–water partition coefficient (Wildman–Crippen LogP) is 3.66. The molecule has 4 aromatic rings. The summed E-state index contributed by atoms with van der Waals surface area (Å²) < 4.78 is 23.7. The topological polar surface area (TPSA) is 109 Å². The Kier molecular flexibility index (Phi) is 8.31. The molecule has 212 valence electrons. The van der Waals surface area contributed by atoms with Gasteiger partial charge < -0.3 is 5.32 Å².